The van der Waals surface area contributed by atoms with Crippen LogP contribution in [-0.2, 0) is 22.7 Å². The second-order valence-corrected chi connectivity index (χ2v) is 8.09. The molecule has 0 spiro atoms. The van der Waals surface area contributed by atoms with Crippen LogP contribution in [0.25, 0.3) is 17.0 Å². The number of anilines is 1. The van der Waals surface area contributed by atoms with Crippen LogP contribution in [0.4, 0.5) is 5.69 Å². The minimum Gasteiger partial charge on any atom is -0.467 e. The minimum absolute atomic E-state index is 0.0238. The van der Waals surface area contributed by atoms with E-state index in [1.807, 2.05) is 62.4 Å². The predicted molar refractivity (Wildman–Crippen MR) is 131 cm³/mol. The standard InChI is InChI=1S/C27H24N4O3/c1-18-10-19(2)12-22(11-18)30-27(33)20(14-28)13-21-16-31(25-8-4-3-7-24(21)25)17-26(32)29-15-23-6-5-9-34-23/h3-13,16H,15,17H2,1-2H3,(H,29,32)(H,30,33)/b20-13+. The lowest BCUT2D eigenvalue weighted by molar-refractivity contribution is -0.121. The van der Waals surface area contributed by atoms with Gasteiger partial charge in [-0.15, -0.1) is 0 Å². The van der Waals surface area contributed by atoms with Gasteiger partial charge in [0.05, 0.1) is 12.8 Å². The molecule has 0 bridgehead atoms. The number of aromatic nitrogens is 1. The number of nitrogens with zero attached hydrogens (tertiary/aromatic N) is 2. The summed E-state index contributed by atoms with van der Waals surface area (Å²) < 4.78 is 7.05. The lowest BCUT2D eigenvalue weighted by Gasteiger charge is -2.07. The number of hydrogen-bond acceptors (Lipinski definition) is 4. The number of amides is 2. The third-order valence-electron chi connectivity index (χ3n) is 5.32. The first-order chi connectivity index (χ1) is 16.4. The molecule has 34 heavy (non-hydrogen) atoms. The van der Waals surface area contributed by atoms with E-state index in [0.717, 1.165) is 22.0 Å². The number of carbonyl (C=O) groups is 2. The fourth-order valence-corrected chi connectivity index (χ4v) is 3.88. The molecule has 0 aliphatic heterocycles. The molecule has 7 heteroatoms. The Labute approximate surface area is 197 Å². The summed E-state index contributed by atoms with van der Waals surface area (Å²) in [6.07, 6.45) is 4.89. The van der Waals surface area contributed by atoms with Crippen molar-refractivity contribution >= 4 is 34.5 Å². The van der Waals surface area contributed by atoms with Crippen LogP contribution < -0.4 is 10.6 Å². The van der Waals surface area contributed by atoms with E-state index in [1.165, 1.54) is 0 Å². The number of furan rings is 1. The van der Waals surface area contributed by atoms with Crippen LogP contribution in [0.2, 0.25) is 0 Å². The first-order valence-corrected chi connectivity index (χ1v) is 10.8. The summed E-state index contributed by atoms with van der Waals surface area (Å²) in [4.78, 5) is 25.3. The summed E-state index contributed by atoms with van der Waals surface area (Å²) >= 11 is 0. The zero-order valence-electron chi connectivity index (χ0n) is 19.0. The van der Waals surface area contributed by atoms with Gasteiger partial charge in [0.2, 0.25) is 5.91 Å². The Hall–Kier alpha value is -4.57. The van der Waals surface area contributed by atoms with Crippen LogP contribution >= 0.6 is 0 Å². The van der Waals surface area contributed by atoms with Crippen LogP contribution in [0.15, 0.2) is 77.0 Å². The van der Waals surface area contributed by atoms with E-state index in [0.29, 0.717) is 23.6 Å². The van der Waals surface area contributed by atoms with Crippen molar-refractivity contribution in [3.05, 3.63) is 95.1 Å². The van der Waals surface area contributed by atoms with Crippen LogP contribution in [0, 0.1) is 25.2 Å². The summed E-state index contributed by atoms with van der Waals surface area (Å²) in [5, 5.41) is 16.1. The highest BCUT2D eigenvalue weighted by Gasteiger charge is 2.14. The first kappa shape index (κ1) is 22.6. The summed E-state index contributed by atoms with van der Waals surface area (Å²) in [6, 6.07) is 18.8. The molecule has 2 aromatic carbocycles. The molecule has 4 aromatic rings. The molecule has 0 fully saturated rings. The summed E-state index contributed by atoms with van der Waals surface area (Å²) in [5.41, 5.74) is 4.16. The molecule has 2 aromatic heterocycles. The fourth-order valence-electron chi connectivity index (χ4n) is 3.88. The van der Waals surface area contributed by atoms with Gasteiger partial charge in [-0.05, 0) is 61.4 Å². The molecule has 0 saturated carbocycles. The number of nitriles is 1. The van der Waals surface area contributed by atoms with E-state index in [9.17, 15) is 14.9 Å². The number of fused-ring (bicyclic) bond motifs is 1. The molecule has 0 atom stereocenters. The quantitative estimate of drug-likeness (QED) is 0.313. The topological polar surface area (TPSA) is 100 Å². The third kappa shape index (κ3) is 5.25. The van der Waals surface area contributed by atoms with Gasteiger partial charge in [0.15, 0.2) is 0 Å². The predicted octanol–water partition coefficient (Wildman–Crippen LogP) is 4.71. The second-order valence-electron chi connectivity index (χ2n) is 8.09. The maximum atomic E-state index is 12.8. The number of benzene rings is 2. The van der Waals surface area contributed by atoms with E-state index in [1.54, 1.807) is 35.2 Å². The Balaban J connectivity index is 1.57. The van der Waals surface area contributed by atoms with E-state index in [4.69, 9.17) is 4.42 Å². The number of nitrogens with one attached hydrogen (secondary N) is 2. The smallest absolute Gasteiger partial charge is 0.266 e. The van der Waals surface area contributed by atoms with Gasteiger partial charge in [0.25, 0.3) is 5.91 Å². The molecule has 2 heterocycles. The molecule has 2 amide bonds. The van der Waals surface area contributed by atoms with Crippen molar-refractivity contribution in [2.24, 2.45) is 0 Å². The monoisotopic (exact) mass is 452 g/mol. The van der Waals surface area contributed by atoms with Gasteiger partial charge in [-0.3, -0.25) is 9.59 Å². The van der Waals surface area contributed by atoms with Gasteiger partial charge in [0, 0.05) is 28.4 Å². The van der Waals surface area contributed by atoms with Crippen molar-refractivity contribution in [2.75, 3.05) is 5.32 Å². The van der Waals surface area contributed by atoms with Crippen molar-refractivity contribution in [2.45, 2.75) is 26.9 Å². The average molecular weight is 453 g/mol. The zero-order valence-corrected chi connectivity index (χ0v) is 19.0. The van der Waals surface area contributed by atoms with Gasteiger partial charge < -0.3 is 19.6 Å². The lowest BCUT2D eigenvalue weighted by atomic mass is 10.1. The maximum absolute atomic E-state index is 12.8. The van der Waals surface area contributed by atoms with Crippen molar-refractivity contribution in [1.29, 1.82) is 5.26 Å². The van der Waals surface area contributed by atoms with Gasteiger partial charge in [-0.25, -0.2) is 0 Å². The van der Waals surface area contributed by atoms with Crippen LogP contribution in [0.3, 0.4) is 0 Å². The molecule has 2 N–H and O–H groups in total. The number of carbonyl (C=O) groups excluding carboxylic acids is 2. The first-order valence-electron chi connectivity index (χ1n) is 10.8. The van der Waals surface area contributed by atoms with Crippen LogP contribution in [0.5, 0.6) is 0 Å². The molecular formula is C27H24N4O3. The average Bonchev–Trinajstić information content (AvgIpc) is 3.44. The molecule has 170 valence electrons. The largest absolute Gasteiger partial charge is 0.467 e. The highest BCUT2D eigenvalue weighted by molar-refractivity contribution is 6.10. The second kappa shape index (κ2) is 9.92. The molecule has 0 aliphatic carbocycles. The highest BCUT2D eigenvalue weighted by atomic mass is 16.3. The fraction of sp³-hybridized carbons (Fsp3) is 0.148. The molecule has 7 nitrogen and oxygen atoms in total. The van der Waals surface area contributed by atoms with Crippen molar-refractivity contribution in [3.8, 4) is 6.07 Å². The summed E-state index contributed by atoms with van der Waals surface area (Å²) in [5.74, 6) is 0.00378. The van der Waals surface area contributed by atoms with Gasteiger partial charge >= 0.3 is 0 Å². The molecule has 0 saturated heterocycles. The lowest BCUT2D eigenvalue weighted by Crippen LogP contribution is -2.26. The Bertz CT molecular complexity index is 1400. The number of para-hydroxylation sites is 1. The van der Waals surface area contributed by atoms with E-state index < -0.39 is 5.91 Å². The molecular weight excluding hydrogens is 428 g/mol. The highest BCUT2D eigenvalue weighted by Crippen LogP contribution is 2.24. The number of aryl methyl sites for hydroxylation is 2. The maximum Gasteiger partial charge on any atom is 0.266 e. The van der Waals surface area contributed by atoms with E-state index >= 15 is 0 Å². The normalized spacial score (nSPS) is 11.3. The van der Waals surface area contributed by atoms with Crippen LogP contribution in [0.1, 0.15) is 22.5 Å². The summed E-state index contributed by atoms with van der Waals surface area (Å²) in [6.45, 7) is 4.29. The Morgan fingerprint density at radius 1 is 1.09 bits per heavy atom. The van der Waals surface area contributed by atoms with Crippen LogP contribution in [-0.4, -0.2) is 16.4 Å². The van der Waals surface area contributed by atoms with E-state index in [2.05, 4.69) is 10.6 Å². The van der Waals surface area contributed by atoms with Gasteiger partial charge in [-0.2, -0.15) is 5.26 Å². The van der Waals surface area contributed by atoms with E-state index in [-0.39, 0.29) is 18.0 Å². The Kier molecular flexibility index (Phi) is 6.60. The van der Waals surface area contributed by atoms with Gasteiger partial charge in [0.1, 0.15) is 23.9 Å². The third-order valence-corrected chi connectivity index (χ3v) is 5.32. The molecule has 0 unspecified atom stereocenters. The molecule has 0 radical (unpaired) electrons. The number of hydrogen-bond donors (Lipinski definition) is 2. The molecule has 0 aliphatic rings. The summed E-state index contributed by atoms with van der Waals surface area (Å²) in [7, 11) is 0. The molecule has 4 rings (SSSR count). The SMILES string of the molecule is Cc1cc(C)cc(NC(=O)/C(C#N)=C/c2cn(CC(=O)NCc3ccco3)c3ccccc23)c1. The Morgan fingerprint density at radius 2 is 1.85 bits per heavy atom. The van der Waals surface area contributed by atoms with Gasteiger partial charge in [-0.1, -0.05) is 24.3 Å². The zero-order chi connectivity index (χ0) is 24.1. The Morgan fingerprint density at radius 3 is 2.56 bits per heavy atom. The van der Waals surface area contributed by atoms with Crippen molar-refractivity contribution in [1.82, 2.24) is 9.88 Å². The number of rotatable bonds is 7. The van der Waals surface area contributed by atoms with Crippen molar-refractivity contribution in [3.63, 3.8) is 0 Å². The van der Waals surface area contributed by atoms with Crippen molar-refractivity contribution < 1.29 is 14.0 Å². The minimum atomic E-state index is -0.486.